The highest BCUT2D eigenvalue weighted by Gasteiger charge is 2.31. The summed E-state index contributed by atoms with van der Waals surface area (Å²) in [5.41, 5.74) is 6.85. The van der Waals surface area contributed by atoms with Crippen LogP contribution in [0.1, 0.15) is 18.9 Å². The summed E-state index contributed by atoms with van der Waals surface area (Å²) in [6.07, 6.45) is -3.57. The predicted molar refractivity (Wildman–Crippen MR) is 70.6 cm³/mol. The van der Waals surface area contributed by atoms with Crippen LogP contribution in [0, 0.1) is 0 Å². The van der Waals surface area contributed by atoms with Crippen LogP contribution in [-0.4, -0.2) is 19.3 Å². The molecular weight excluding hydrogens is 309 g/mol. The molecule has 0 saturated carbocycles. The number of benzene rings is 1. The molecule has 0 amide bonds. The molecule has 2 N–H and O–H groups in total. The molecule has 2 nitrogen and oxygen atoms in total. The quantitative estimate of drug-likeness (QED) is 0.895. The zero-order valence-corrected chi connectivity index (χ0v) is 11.7. The van der Waals surface area contributed by atoms with Crippen molar-refractivity contribution in [1.82, 2.24) is 0 Å². The van der Waals surface area contributed by atoms with Gasteiger partial charge in [-0.15, -0.1) is 0 Å². The summed E-state index contributed by atoms with van der Waals surface area (Å²) in [7, 11) is 0. The number of hydrogen-bond donors (Lipinski definition) is 1. The molecule has 18 heavy (non-hydrogen) atoms. The highest BCUT2D eigenvalue weighted by Crippen LogP contribution is 2.27. The van der Waals surface area contributed by atoms with Gasteiger partial charge < -0.3 is 10.6 Å². The Balaban J connectivity index is 3.04. The Morgan fingerprint density at radius 3 is 2.50 bits per heavy atom. The van der Waals surface area contributed by atoms with Crippen LogP contribution >= 0.6 is 15.9 Å². The lowest BCUT2D eigenvalue weighted by Gasteiger charge is -2.27. The minimum Gasteiger partial charge on any atom is -0.362 e. The molecule has 0 atom stereocenters. The van der Waals surface area contributed by atoms with Crippen molar-refractivity contribution < 1.29 is 13.2 Å². The average Bonchev–Trinajstić information content (AvgIpc) is 2.26. The number of halogens is 4. The fraction of sp³-hybridized carbons (Fsp3) is 0.500. The first-order chi connectivity index (χ1) is 8.37. The van der Waals surface area contributed by atoms with Crippen molar-refractivity contribution in [3.8, 4) is 0 Å². The molecular formula is C12H16BrF3N2. The molecule has 1 aromatic carbocycles. The molecule has 0 fully saturated rings. The van der Waals surface area contributed by atoms with Crippen molar-refractivity contribution in [2.75, 3.05) is 18.0 Å². The van der Waals surface area contributed by atoms with Gasteiger partial charge in [-0.3, -0.25) is 0 Å². The average molecular weight is 325 g/mol. The molecule has 1 rings (SSSR count). The normalized spacial score (nSPS) is 11.7. The lowest BCUT2D eigenvalue weighted by atomic mass is 10.1. The van der Waals surface area contributed by atoms with Gasteiger partial charge in [0.1, 0.15) is 6.54 Å². The summed E-state index contributed by atoms with van der Waals surface area (Å²) in [6.45, 7) is 1.47. The Morgan fingerprint density at radius 1 is 1.33 bits per heavy atom. The smallest absolute Gasteiger partial charge is 0.362 e. The van der Waals surface area contributed by atoms with Crippen LogP contribution in [0.2, 0.25) is 0 Å². The number of anilines is 1. The first-order valence-corrected chi connectivity index (χ1v) is 6.47. The third-order valence-electron chi connectivity index (χ3n) is 2.47. The zero-order chi connectivity index (χ0) is 13.8. The maximum absolute atomic E-state index is 12.5. The van der Waals surface area contributed by atoms with Gasteiger partial charge in [-0.05, 0) is 30.2 Å². The van der Waals surface area contributed by atoms with E-state index in [-0.39, 0.29) is 6.54 Å². The number of alkyl halides is 3. The summed E-state index contributed by atoms with van der Waals surface area (Å²) in [4.78, 5) is 1.33. The zero-order valence-electron chi connectivity index (χ0n) is 10.1. The van der Waals surface area contributed by atoms with Gasteiger partial charge in [0.25, 0.3) is 0 Å². The number of hydrogen-bond acceptors (Lipinski definition) is 2. The van der Waals surface area contributed by atoms with Crippen LogP contribution in [0.3, 0.4) is 0 Å². The summed E-state index contributed by atoms with van der Waals surface area (Å²) in [5.74, 6) is 0. The Bertz CT molecular complexity index is 393. The van der Waals surface area contributed by atoms with Crippen molar-refractivity contribution >= 4 is 21.6 Å². The van der Waals surface area contributed by atoms with Crippen molar-refractivity contribution in [1.29, 1.82) is 0 Å². The van der Waals surface area contributed by atoms with Gasteiger partial charge in [-0.1, -0.05) is 22.9 Å². The van der Waals surface area contributed by atoms with Gasteiger partial charge >= 0.3 is 6.18 Å². The molecule has 0 unspecified atom stereocenters. The molecule has 0 radical (unpaired) electrons. The molecule has 1 aromatic rings. The molecule has 0 heterocycles. The van der Waals surface area contributed by atoms with Gasteiger partial charge in [0.2, 0.25) is 0 Å². The minimum absolute atomic E-state index is 0.215. The summed E-state index contributed by atoms with van der Waals surface area (Å²) >= 11 is 3.29. The van der Waals surface area contributed by atoms with Gasteiger partial charge in [0, 0.05) is 23.2 Å². The van der Waals surface area contributed by atoms with Crippen LogP contribution < -0.4 is 10.6 Å². The van der Waals surface area contributed by atoms with Gasteiger partial charge in [-0.2, -0.15) is 13.2 Å². The van der Waals surface area contributed by atoms with E-state index < -0.39 is 12.7 Å². The molecule has 6 heteroatoms. The second-order valence-electron chi connectivity index (χ2n) is 4.01. The van der Waals surface area contributed by atoms with E-state index in [9.17, 15) is 13.2 Å². The lowest BCUT2D eigenvalue weighted by molar-refractivity contribution is -0.119. The summed E-state index contributed by atoms with van der Waals surface area (Å²) in [6, 6.07) is 5.16. The van der Waals surface area contributed by atoms with Crippen LogP contribution in [0.25, 0.3) is 0 Å². The van der Waals surface area contributed by atoms with Crippen LogP contribution in [0.15, 0.2) is 22.7 Å². The van der Waals surface area contributed by atoms with Crippen molar-refractivity contribution in [3.63, 3.8) is 0 Å². The standard InChI is InChI=1S/C12H16BrF3N2/c1-2-5-18(8-12(14,15)16)11-4-3-10(13)6-9(11)7-17/h3-4,6H,2,5,7-8,17H2,1H3. The van der Waals surface area contributed by atoms with Crippen molar-refractivity contribution in [3.05, 3.63) is 28.2 Å². The van der Waals surface area contributed by atoms with Crippen LogP contribution in [0.4, 0.5) is 18.9 Å². The van der Waals surface area contributed by atoms with E-state index in [1.54, 1.807) is 18.2 Å². The second kappa shape index (κ2) is 6.43. The molecule has 0 aliphatic carbocycles. The Hall–Kier alpha value is -0.750. The molecule has 0 aromatic heterocycles. The monoisotopic (exact) mass is 324 g/mol. The largest absolute Gasteiger partial charge is 0.405 e. The maximum Gasteiger partial charge on any atom is 0.405 e. The summed E-state index contributed by atoms with van der Waals surface area (Å²) in [5, 5.41) is 0. The Labute approximate surface area is 113 Å². The molecule has 0 bridgehead atoms. The first kappa shape index (κ1) is 15.3. The van der Waals surface area contributed by atoms with Gasteiger partial charge in [0.05, 0.1) is 0 Å². The topological polar surface area (TPSA) is 29.3 Å². The van der Waals surface area contributed by atoms with E-state index in [0.717, 1.165) is 4.47 Å². The second-order valence-corrected chi connectivity index (χ2v) is 4.93. The van der Waals surface area contributed by atoms with Crippen LogP contribution in [0.5, 0.6) is 0 Å². The number of rotatable bonds is 5. The van der Waals surface area contributed by atoms with E-state index in [1.807, 2.05) is 6.92 Å². The Morgan fingerprint density at radius 2 is 2.00 bits per heavy atom. The van der Waals surface area contributed by atoms with E-state index in [2.05, 4.69) is 15.9 Å². The molecule has 0 saturated heterocycles. The molecule has 0 aliphatic heterocycles. The molecule has 0 aliphatic rings. The summed E-state index contributed by atoms with van der Waals surface area (Å²) < 4.78 is 38.5. The maximum atomic E-state index is 12.5. The molecule has 102 valence electrons. The minimum atomic E-state index is -4.21. The fourth-order valence-electron chi connectivity index (χ4n) is 1.80. The van der Waals surface area contributed by atoms with Crippen molar-refractivity contribution in [2.24, 2.45) is 5.73 Å². The highest BCUT2D eigenvalue weighted by atomic mass is 79.9. The van der Waals surface area contributed by atoms with Crippen molar-refractivity contribution in [2.45, 2.75) is 26.1 Å². The van der Waals surface area contributed by atoms with E-state index in [4.69, 9.17) is 5.73 Å². The third-order valence-corrected chi connectivity index (χ3v) is 2.96. The van der Waals surface area contributed by atoms with Gasteiger partial charge in [0.15, 0.2) is 0 Å². The molecule has 0 spiro atoms. The predicted octanol–water partition coefficient (Wildman–Crippen LogP) is 3.69. The van der Waals surface area contributed by atoms with E-state index in [1.165, 1.54) is 4.90 Å². The number of nitrogens with two attached hydrogens (primary N) is 1. The third kappa shape index (κ3) is 4.49. The van der Waals surface area contributed by atoms with Gasteiger partial charge in [-0.25, -0.2) is 0 Å². The highest BCUT2D eigenvalue weighted by molar-refractivity contribution is 9.10. The Kier molecular flexibility index (Phi) is 5.47. The van der Waals surface area contributed by atoms with E-state index >= 15 is 0 Å². The SMILES string of the molecule is CCCN(CC(F)(F)F)c1ccc(Br)cc1CN. The van der Waals surface area contributed by atoms with Crippen LogP contribution in [-0.2, 0) is 6.54 Å². The fourth-order valence-corrected chi connectivity index (χ4v) is 2.21. The number of nitrogens with zero attached hydrogens (tertiary/aromatic N) is 1. The lowest BCUT2D eigenvalue weighted by Crippen LogP contribution is -2.35. The first-order valence-electron chi connectivity index (χ1n) is 5.67. The van der Waals surface area contributed by atoms with E-state index in [0.29, 0.717) is 24.2 Å².